The van der Waals surface area contributed by atoms with Crippen LogP contribution in [0.2, 0.25) is 0 Å². The van der Waals surface area contributed by atoms with E-state index in [1.807, 2.05) is 4.52 Å². The molecule has 1 aliphatic heterocycles. The normalized spacial score (nSPS) is 23.0. The molecule has 0 spiro atoms. The molecule has 0 radical (unpaired) electrons. The van der Waals surface area contributed by atoms with Crippen LogP contribution in [-0.4, -0.2) is 40.4 Å². The Bertz CT molecular complexity index is 823. The summed E-state index contributed by atoms with van der Waals surface area (Å²) < 4.78 is 9.21. The van der Waals surface area contributed by atoms with Gasteiger partial charge in [0.1, 0.15) is 9.22 Å². The van der Waals surface area contributed by atoms with Crippen LogP contribution in [0.4, 0.5) is 5.82 Å². The van der Waals surface area contributed by atoms with Gasteiger partial charge in [0, 0.05) is 42.0 Å². The Labute approximate surface area is 161 Å². The number of fused-ring (bicyclic) bond motifs is 1. The second kappa shape index (κ2) is 5.70. The van der Waals surface area contributed by atoms with Gasteiger partial charge in [0.25, 0.3) is 5.54 Å². The molecule has 1 aliphatic carbocycles. The smallest absolute Gasteiger partial charge is 0.260 e. The summed E-state index contributed by atoms with van der Waals surface area (Å²) in [5.41, 5.74) is 1.70. The summed E-state index contributed by atoms with van der Waals surface area (Å²) in [4.78, 5) is 10.8. The fraction of sp³-hybridized carbons (Fsp3) is 0.533. The first-order chi connectivity index (χ1) is 11.1. The summed E-state index contributed by atoms with van der Waals surface area (Å²) >= 11 is 4.46. The molecule has 2 aliphatic rings. The van der Waals surface area contributed by atoms with E-state index < -0.39 is 0 Å². The molecule has 0 N–H and O–H groups in total. The van der Waals surface area contributed by atoms with E-state index in [1.54, 1.807) is 0 Å². The van der Waals surface area contributed by atoms with Gasteiger partial charge in [-0.2, -0.15) is 0 Å². The molecular formula is C15H15I2N5O. The fourth-order valence-corrected chi connectivity index (χ4v) is 4.93. The SMILES string of the molecule is [C-]#[N+]C1(c2cc(N3CCOC[C@H]3C)nn3c(I)nc(I)c23)CC1. The maximum Gasteiger partial charge on any atom is 0.260 e. The third-order valence-corrected chi connectivity index (χ3v) is 6.05. The monoisotopic (exact) mass is 535 g/mol. The number of anilines is 1. The highest BCUT2D eigenvalue weighted by Crippen LogP contribution is 2.52. The number of hydrogen-bond donors (Lipinski definition) is 0. The van der Waals surface area contributed by atoms with Crippen molar-refractivity contribution in [3.05, 3.63) is 30.6 Å². The summed E-state index contributed by atoms with van der Waals surface area (Å²) in [5.74, 6) is 0.921. The van der Waals surface area contributed by atoms with Gasteiger partial charge in [-0.05, 0) is 35.6 Å². The van der Waals surface area contributed by atoms with Crippen molar-refractivity contribution < 1.29 is 4.74 Å². The van der Waals surface area contributed by atoms with Crippen molar-refractivity contribution in [2.24, 2.45) is 0 Å². The Kier molecular flexibility index (Phi) is 3.92. The topological polar surface area (TPSA) is 47.0 Å². The molecule has 0 aromatic carbocycles. The van der Waals surface area contributed by atoms with Crippen molar-refractivity contribution in [1.29, 1.82) is 0 Å². The van der Waals surface area contributed by atoms with Gasteiger partial charge in [0.05, 0.1) is 24.8 Å². The number of aromatic nitrogens is 3. The van der Waals surface area contributed by atoms with Gasteiger partial charge in [-0.1, -0.05) is 0 Å². The van der Waals surface area contributed by atoms with Crippen molar-refractivity contribution in [3.8, 4) is 0 Å². The van der Waals surface area contributed by atoms with E-state index in [0.717, 1.165) is 43.8 Å². The molecule has 0 unspecified atom stereocenters. The Balaban J connectivity index is 1.94. The van der Waals surface area contributed by atoms with Crippen LogP contribution in [0.3, 0.4) is 0 Å². The third-order valence-electron chi connectivity index (χ3n) is 4.60. The van der Waals surface area contributed by atoms with Gasteiger partial charge in [-0.15, -0.1) is 5.10 Å². The van der Waals surface area contributed by atoms with E-state index >= 15 is 0 Å². The van der Waals surface area contributed by atoms with Crippen molar-refractivity contribution in [3.63, 3.8) is 0 Å². The average molecular weight is 535 g/mol. The second-order valence-electron chi connectivity index (χ2n) is 6.11. The first-order valence-electron chi connectivity index (χ1n) is 7.54. The maximum atomic E-state index is 7.65. The lowest BCUT2D eigenvalue weighted by Gasteiger charge is -2.34. The molecule has 1 saturated heterocycles. The summed E-state index contributed by atoms with van der Waals surface area (Å²) in [6.07, 6.45) is 1.85. The lowest BCUT2D eigenvalue weighted by atomic mass is 10.1. The molecule has 1 saturated carbocycles. The highest BCUT2D eigenvalue weighted by Gasteiger charge is 2.54. The van der Waals surface area contributed by atoms with Crippen LogP contribution in [0, 0.1) is 14.1 Å². The van der Waals surface area contributed by atoms with Crippen LogP contribution < -0.4 is 4.90 Å². The van der Waals surface area contributed by atoms with Crippen LogP contribution in [-0.2, 0) is 10.3 Å². The Morgan fingerprint density at radius 1 is 1.43 bits per heavy atom. The van der Waals surface area contributed by atoms with E-state index in [1.165, 1.54) is 0 Å². The Morgan fingerprint density at radius 2 is 2.22 bits per heavy atom. The number of halogens is 2. The van der Waals surface area contributed by atoms with Gasteiger partial charge < -0.3 is 14.5 Å². The minimum Gasteiger partial charge on any atom is -0.377 e. The molecule has 2 aromatic heterocycles. The van der Waals surface area contributed by atoms with E-state index in [0.29, 0.717) is 13.2 Å². The Morgan fingerprint density at radius 3 is 2.87 bits per heavy atom. The molecule has 1 atom stereocenters. The van der Waals surface area contributed by atoms with Crippen LogP contribution in [0.1, 0.15) is 25.3 Å². The highest BCUT2D eigenvalue weighted by atomic mass is 127. The van der Waals surface area contributed by atoms with Crippen molar-refractivity contribution in [2.75, 3.05) is 24.7 Å². The first-order valence-corrected chi connectivity index (χ1v) is 9.70. The largest absolute Gasteiger partial charge is 0.377 e. The Hall–Kier alpha value is -0.670. The predicted octanol–water partition coefficient (Wildman–Crippen LogP) is 3.07. The quantitative estimate of drug-likeness (QED) is 0.439. The van der Waals surface area contributed by atoms with Crippen LogP contribution in [0.5, 0.6) is 0 Å². The van der Waals surface area contributed by atoms with Crippen LogP contribution in [0.15, 0.2) is 6.07 Å². The summed E-state index contributed by atoms with van der Waals surface area (Å²) in [7, 11) is 0. The third kappa shape index (κ3) is 2.51. The maximum absolute atomic E-state index is 7.65. The van der Waals surface area contributed by atoms with E-state index in [9.17, 15) is 0 Å². The van der Waals surface area contributed by atoms with Gasteiger partial charge in [0.15, 0.2) is 9.65 Å². The molecule has 2 fully saturated rings. The zero-order valence-corrected chi connectivity index (χ0v) is 16.9. The molecule has 6 nitrogen and oxygen atoms in total. The number of imidazole rings is 1. The lowest BCUT2D eigenvalue weighted by molar-refractivity contribution is 0.0984. The minimum absolute atomic E-state index is 0.282. The number of hydrogen-bond acceptors (Lipinski definition) is 4. The standard InChI is InChI=1S/C15H15I2N5O/c1-9-8-23-6-5-21(9)11-7-10(15(18-2)3-4-15)12-13(16)19-14(17)22(12)20-11/h7,9H,3-6,8H2,1H3/t9-/m1/s1. The van der Waals surface area contributed by atoms with E-state index in [-0.39, 0.29) is 11.6 Å². The van der Waals surface area contributed by atoms with Crippen molar-refractivity contribution >= 4 is 56.5 Å². The van der Waals surface area contributed by atoms with Crippen LogP contribution >= 0.6 is 45.2 Å². The fourth-order valence-electron chi connectivity index (χ4n) is 3.13. The molecule has 0 amide bonds. The number of rotatable bonds is 2. The van der Waals surface area contributed by atoms with Gasteiger partial charge in [0.2, 0.25) is 0 Å². The van der Waals surface area contributed by atoms with Crippen molar-refractivity contribution in [2.45, 2.75) is 31.3 Å². The molecule has 23 heavy (non-hydrogen) atoms. The van der Waals surface area contributed by atoms with E-state index in [4.69, 9.17) is 16.4 Å². The predicted molar refractivity (Wildman–Crippen MR) is 104 cm³/mol. The summed E-state index contributed by atoms with van der Waals surface area (Å²) in [6.45, 7) is 12.0. The summed E-state index contributed by atoms with van der Waals surface area (Å²) in [5, 5.41) is 4.82. The highest BCUT2D eigenvalue weighted by molar-refractivity contribution is 14.1. The molecule has 8 heteroatoms. The number of morpholine rings is 1. The molecule has 0 bridgehead atoms. The average Bonchev–Trinajstić information content (AvgIpc) is 3.29. The zero-order valence-electron chi connectivity index (χ0n) is 12.6. The van der Waals surface area contributed by atoms with Crippen LogP contribution in [0.25, 0.3) is 10.4 Å². The molecular weight excluding hydrogens is 520 g/mol. The molecule has 120 valence electrons. The molecule has 3 heterocycles. The lowest BCUT2D eigenvalue weighted by Crippen LogP contribution is -2.44. The minimum atomic E-state index is -0.377. The summed E-state index contributed by atoms with van der Waals surface area (Å²) in [6, 6.07) is 2.40. The van der Waals surface area contributed by atoms with Gasteiger partial charge >= 0.3 is 0 Å². The molecule has 2 aromatic rings. The first kappa shape index (κ1) is 15.8. The van der Waals surface area contributed by atoms with E-state index in [2.05, 4.69) is 72.9 Å². The number of nitrogens with zero attached hydrogens (tertiary/aromatic N) is 5. The zero-order chi connectivity index (χ0) is 16.2. The van der Waals surface area contributed by atoms with Gasteiger partial charge in [-0.25, -0.2) is 16.1 Å². The molecule has 4 rings (SSSR count). The second-order valence-corrected chi connectivity index (χ2v) is 8.10. The number of ether oxygens (including phenoxy) is 1. The van der Waals surface area contributed by atoms with Crippen molar-refractivity contribution in [1.82, 2.24) is 14.6 Å². The van der Waals surface area contributed by atoms with Gasteiger partial charge in [-0.3, -0.25) is 0 Å².